The molecule has 3 nitrogen and oxygen atoms in total. The van der Waals surface area contributed by atoms with Gasteiger partial charge in [0.25, 0.3) is 0 Å². The van der Waals surface area contributed by atoms with E-state index in [2.05, 4.69) is 10.6 Å². The highest BCUT2D eigenvalue weighted by Crippen LogP contribution is 2.17. The van der Waals surface area contributed by atoms with E-state index in [0.717, 1.165) is 17.7 Å². The first-order chi connectivity index (χ1) is 9.56. The number of nitrogens with one attached hydrogen (secondary N) is 2. The van der Waals surface area contributed by atoms with Gasteiger partial charge in [0.05, 0.1) is 6.54 Å². The fourth-order valence-electron chi connectivity index (χ4n) is 1.68. The highest BCUT2D eigenvalue weighted by Gasteiger charge is 2.09. The van der Waals surface area contributed by atoms with Crippen molar-refractivity contribution in [3.05, 3.63) is 59.7 Å². The molecule has 0 spiro atoms. The second-order valence-electron chi connectivity index (χ2n) is 4.36. The summed E-state index contributed by atoms with van der Waals surface area (Å²) in [6.07, 6.45) is 0. The first-order valence-corrected chi connectivity index (χ1v) is 6.10. The van der Waals surface area contributed by atoms with Crippen molar-refractivity contribution in [3.8, 4) is 0 Å². The lowest BCUT2D eigenvalue weighted by molar-refractivity contribution is -0.114. The Morgan fingerprint density at radius 3 is 2.25 bits per heavy atom. The summed E-state index contributed by atoms with van der Waals surface area (Å²) in [7, 11) is 0. The minimum Gasteiger partial charge on any atom is -0.371 e. The zero-order valence-corrected chi connectivity index (χ0v) is 10.9. The van der Waals surface area contributed by atoms with E-state index < -0.39 is 11.6 Å². The van der Waals surface area contributed by atoms with Crippen LogP contribution in [0.25, 0.3) is 0 Å². The average molecular weight is 276 g/mol. The molecule has 0 unspecified atom stereocenters. The van der Waals surface area contributed by atoms with Gasteiger partial charge in [-0.3, -0.25) is 4.79 Å². The van der Waals surface area contributed by atoms with Crippen molar-refractivity contribution >= 4 is 17.3 Å². The summed E-state index contributed by atoms with van der Waals surface area (Å²) >= 11 is 0. The molecule has 104 valence electrons. The highest BCUT2D eigenvalue weighted by atomic mass is 19.1. The van der Waals surface area contributed by atoms with Crippen molar-refractivity contribution in [3.63, 3.8) is 0 Å². The van der Waals surface area contributed by atoms with E-state index in [-0.39, 0.29) is 18.1 Å². The second-order valence-corrected chi connectivity index (χ2v) is 4.36. The van der Waals surface area contributed by atoms with Crippen molar-refractivity contribution in [1.29, 1.82) is 0 Å². The van der Waals surface area contributed by atoms with Crippen LogP contribution in [-0.2, 0) is 4.79 Å². The third-order valence-electron chi connectivity index (χ3n) is 2.72. The average Bonchev–Trinajstić information content (AvgIpc) is 2.41. The van der Waals surface area contributed by atoms with Crippen LogP contribution >= 0.6 is 0 Å². The van der Waals surface area contributed by atoms with Crippen molar-refractivity contribution in [1.82, 2.24) is 0 Å². The maximum atomic E-state index is 13.3. The highest BCUT2D eigenvalue weighted by molar-refractivity contribution is 5.93. The monoisotopic (exact) mass is 276 g/mol. The summed E-state index contributed by atoms with van der Waals surface area (Å²) in [4.78, 5) is 11.7. The van der Waals surface area contributed by atoms with Gasteiger partial charge in [-0.25, -0.2) is 8.78 Å². The van der Waals surface area contributed by atoms with Gasteiger partial charge in [0.1, 0.15) is 17.3 Å². The lowest BCUT2D eigenvalue weighted by Crippen LogP contribution is -2.22. The van der Waals surface area contributed by atoms with Crippen LogP contribution in [0.1, 0.15) is 5.56 Å². The normalized spacial score (nSPS) is 10.2. The van der Waals surface area contributed by atoms with Gasteiger partial charge in [0.2, 0.25) is 5.91 Å². The maximum absolute atomic E-state index is 13.3. The lowest BCUT2D eigenvalue weighted by atomic mass is 10.2. The van der Waals surface area contributed by atoms with Gasteiger partial charge in [-0.1, -0.05) is 23.8 Å². The molecule has 0 bridgehead atoms. The molecule has 0 fully saturated rings. The minimum atomic E-state index is -0.729. The minimum absolute atomic E-state index is 0.217. The number of hydrogen-bond acceptors (Lipinski definition) is 2. The number of halogens is 2. The van der Waals surface area contributed by atoms with Crippen LogP contribution in [0.4, 0.5) is 20.2 Å². The molecule has 5 heteroatoms. The molecule has 0 aliphatic heterocycles. The van der Waals surface area contributed by atoms with Crippen molar-refractivity contribution in [2.24, 2.45) is 0 Å². The molecule has 20 heavy (non-hydrogen) atoms. The largest absolute Gasteiger partial charge is 0.371 e. The van der Waals surface area contributed by atoms with Gasteiger partial charge >= 0.3 is 0 Å². The van der Waals surface area contributed by atoms with E-state index in [1.165, 1.54) is 6.07 Å². The van der Waals surface area contributed by atoms with Crippen LogP contribution in [0.3, 0.4) is 0 Å². The Morgan fingerprint density at radius 2 is 1.65 bits per heavy atom. The second kappa shape index (κ2) is 6.14. The Kier molecular flexibility index (Phi) is 4.30. The fourth-order valence-corrected chi connectivity index (χ4v) is 1.68. The zero-order chi connectivity index (χ0) is 14.5. The number of benzene rings is 2. The Balaban J connectivity index is 1.94. The molecular formula is C15H14F2N2O. The summed E-state index contributed by atoms with van der Waals surface area (Å²) in [5.41, 5.74) is 1.41. The molecule has 0 aromatic heterocycles. The number of amides is 1. The first-order valence-electron chi connectivity index (χ1n) is 6.10. The molecule has 0 aliphatic rings. The molecule has 0 atom stereocenters. The molecule has 0 saturated carbocycles. The van der Waals surface area contributed by atoms with Crippen LogP contribution in [-0.4, -0.2) is 12.5 Å². The number of carbonyl (C=O) groups excluding carboxylic acids is 1. The smallest absolute Gasteiger partial charge is 0.243 e. The molecule has 0 saturated heterocycles. The number of carbonyl (C=O) groups is 1. The Bertz CT molecular complexity index is 592. The summed E-state index contributed by atoms with van der Waals surface area (Å²) in [5.74, 6) is -1.84. The molecular weight excluding hydrogens is 262 g/mol. The van der Waals surface area contributed by atoms with Crippen LogP contribution < -0.4 is 10.6 Å². The van der Waals surface area contributed by atoms with E-state index in [4.69, 9.17) is 0 Å². The van der Waals surface area contributed by atoms with E-state index in [1.54, 1.807) is 12.1 Å². The third-order valence-corrected chi connectivity index (χ3v) is 2.72. The van der Waals surface area contributed by atoms with Crippen LogP contribution in [0.2, 0.25) is 0 Å². The number of anilines is 2. The van der Waals surface area contributed by atoms with Crippen LogP contribution in [0.5, 0.6) is 0 Å². The van der Waals surface area contributed by atoms with E-state index in [1.807, 2.05) is 19.1 Å². The van der Waals surface area contributed by atoms with E-state index >= 15 is 0 Å². The topological polar surface area (TPSA) is 41.1 Å². The van der Waals surface area contributed by atoms with Gasteiger partial charge in [0.15, 0.2) is 0 Å². The van der Waals surface area contributed by atoms with E-state index in [0.29, 0.717) is 5.69 Å². The summed E-state index contributed by atoms with van der Waals surface area (Å²) in [5, 5.41) is 5.08. The van der Waals surface area contributed by atoms with Gasteiger partial charge in [-0.15, -0.1) is 0 Å². The maximum Gasteiger partial charge on any atom is 0.243 e. The predicted octanol–water partition coefficient (Wildman–Crippen LogP) is 3.32. The SMILES string of the molecule is Cc1ccc(NC(=O)CNc2c(F)cccc2F)cc1. The van der Waals surface area contributed by atoms with Crippen molar-refractivity contribution < 1.29 is 13.6 Å². The first kappa shape index (κ1) is 14.0. The standard InChI is InChI=1S/C15H14F2N2O/c1-10-5-7-11(8-6-10)19-14(20)9-18-15-12(16)3-2-4-13(15)17/h2-8,18H,9H2,1H3,(H,19,20). The van der Waals surface area contributed by atoms with Crippen LogP contribution in [0, 0.1) is 18.6 Å². The molecule has 0 aliphatic carbocycles. The molecule has 2 rings (SSSR count). The van der Waals surface area contributed by atoms with Gasteiger partial charge < -0.3 is 10.6 Å². The summed E-state index contributed by atoms with van der Waals surface area (Å²) < 4.78 is 26.7. The summed E-state index contributed by atoms with van der Waals surface area (Å²) in [6.45, 7) is 1.72. The number of para-hydroxylation sites is 1. The number of aryl methyl sites for hydroxylation is 1. The molecule has 2 aromatic rings. The molecule has 0 heterocycles. The van der Waals surface area contributed by atoms with E-state index in [9.17, 15) is 13.6 Å². The summed E-state index contributed by atoms with van der Waals surface area (Å²) in [6, 6.07) is 10.8. The molecule has 2 aromatic carbocycles. The van der Waals surface area contributed by atoms with Crippen molar-refractivity contribution in [2.45, 2.75) is 6.92 Å². The number of rotatable bonds is 4. The van der Waals surface area contributed by atoms with Gasteiger partial charge in [0, 0.05) is 5.69 Å². The zero-order valence-electron chi connectivity index (χ0n) is 10.9. The Labute approximate surface area is 115 Å². The predicted molar refractivity (Wildman–Crippen MR) is 74.7 cm³/mol. The van der Waals surface area contributed by atoms with Gasteiger partial charge in [-0.05, 0) is 31.2 Å². The van der Waals surface area contributed by atoms with Crippen molar-refractivity contribution in [2.75, 3.05) is 17.2 Å². The Morgan fingerprint density at radius 1 is 1.05 bits per heavy atom. The third kappa shape index (κ3) is 3.54. The molecule has 1 amide bonds. The fraction of sp³-hybridized carbons (Fsp3) is 0.133. The lowest BCUT2D eigenvalue weighted by Gasteiger charge is -2.09. The van der Waals surface area contributed by atoms with Crippen LogP contribution in [0.15, 0.2) is 42.5 Å². The number of hydrogen-bond donors (Lipinski definition) is 2. The Hall–Kier alpha value is -2.43. The molecule has 2 N–H and O–H groups in total. The quantitative estimate of drug-likeness (QED) is 0.899. The van der Waals surface area contributed by atoms with Gasteiger partial charge in [-0.2, -0.15) is 0 Å². The molecule has 0 radical (unpaired) electrons.